The molecule has 4 aromatic heterocycles. The lowest BCUT2D eigenvalue weighted by Gasteiger charge is -2.32. The highest BCUT2D eigenvalue weighted by Crippen LogP contribution is 2.52. The topological polar surface area (TPSA) is 64.4 Å². The zero-order valence-electron chi connectivity index (χ0n) is 53.1. The number of nitrogens with zero attached hydrogens (tertiary/aromatic N) is 6. The number of para-hydroxylation sites is 5. The van der Waals surface area contributed by atoms with Gasteiger partial charge in [0.05, 0.1) is 56.1 Å². The van der Waals surface area contributed by atoms with Crippen LogP contribution >= 0.6 is 0 Å². The first-order chi connectivity index (χ1) is 48.0. The van der Waals surface area contributed by atoms with Gasteiger partial charge in [0.25, 0.3) is 0 Å². The molecule has 0 amide bonds. The minimum Gasteiger partial charge on any atom is -0.309 e. The molecule has 3 aliphatic rings. The van der Waals surface area contributed by atoms with Crippen molar-refractivity contribution in [2.24, 2.45) is 5.92 Å². The number of hydrogen-bond donors (Lipinski definition) is 0. The van der Waals surface area contributed by atoms with E-state index in [0.717, 1.165) is 93.7 Å². The summed E-state index contributed by atoms with van der Waals surface area (Å²) in [6.07, 6.45) is 9.76. The number of fused-ring (bicyclic) bond motifs is 14. The Balaban J connectivity index is 0.724. The van der Waals surface area contributed by atoms with E-state index in [9.17, 15) is 5.26 Å². The Labute approximate surface area is 560 Å². The van der Waals surface area contributed by atoms with E-state index in [1.807, 2.05) is 24.3 Å². The van der Waals surface area contributed by atoms with Gasteiger partial charge in [0, 0.05) is 71.6 Å². The van der Waals surface area contributed by atoms with Gasteiger partial charge in [0.15, 0.2) is 5.82 Å². The maximum absolute atomic E-state index is 10.2. The minimum atomic E-state index is 0.362. The van der Waals surface area contributed by atoms with Crippen molar-refractivity contribution in [3.05, 3.63) is 325 Å². The summed E-state index contributed by atoms with van der Waals surface area (Å²) in [6.45, 7) is 0. The van der Waals surface area contributed by atoms with E-state index < -0.39 is 0 Å². The molecule has 1 atom stereocenters. The third-order valence-corrected chi connectivity index (χ3v) is 21.2. The van der Waals surface area contributed by atoms with Crippen LogP contribution in [0.15, 0.2) is 303 Å². The zero-order chi connectivity index (χ0) is 63.8. The van der Waals surface area contributed by atoms with Crippen LogP contribution in [0.1, 0.15) is 41.5 Å². The van der Waals surface area contributed by atoms with Crippen LogP contribution in [-0.4, -0.2) is 23.7 Å². The van der Waals surface area contributed by atoms with Crippen LogP contribution in [-0.2, 0) is 12.8 Å². The van der Waals surface area contributed by atoms with Crippen molar-refractivity contribution < 1.29 is 0 Å². The molecule has 6 nitrogen and oxygen atoms in total. The van der Waals surface area contributed by atoms with Crippen LogP contribution in [0.4, 0.5) is 0 Å². The highest BCUT2D eigenvalue weighted by Gasteiger charge is 2.31. The van der Waals surface area contributed by atoms with Gasteiger partial charge >= 0.3 is 0 Å². The number of nitriles is 1. The average Bonchev–Trinajstić information content (AvgIpc) is 1.40. The summed E-state index contributed by atoms with van der Waals surface area (Å²) in [7, 11) is 0. The molecule has 6 heteroatoms. The fourth-order valence-corrected chi connectivity index (χ4v) is 16.8. The van der Waals surface area contributed by atoms with Crippen LogP contribution in [0.2, 0.25) is 0 Å². The molecule has 0 fully saturated rings. The van der Waals surface area contributed by atoms with Crippen LogP contribution < -0.4 is 0 Å². The predicted molar refractivity (Wildman–Crippen MR) is 401 cm³/mol. The van der Waals surface area contributed by atoms with Gasteiger partial charge in [-0.3, -0.25) is 0 Å². The SMILES string of the molecule is N#Cc1cccc(-c2nc(-c3cc(CCC4Cc5ccc(-c6ccc7c(c6)c6ccccc6n7-c6ccccc6)cc5C5=C4CCC=C5)cc(-n4c5ccccc5c5cc(-c6ccc7c(c6)c6ccccc6n7-c6ccccc6)ccc54)c3)c3c(n2)-c2cccc4cccc-3c24)c1. The smallest absolute Gasteiger partial charge is 0.160 e. The van der Waals surface area contributed by atoms with Crippen LogP contribution in [0, 0.1) is 17.2 Å². The molecule has 20 rings (SSSR count). The molecule has 0 aliphatic heterocycles. The molecular formula is C91H60N6. The summed E-state index contributed by atoms with van der Waals surface area (Å²) in [6, 6.07) is 107. The van der Waals surface area contributed by atoms with E-state index in [0.29, 0.717) is 17.3 Å². The highest BCUT2D eigenvalue weighted by atomic mass is 15.0. The second-order valence-corrected chi connectivity index (χ2v) is 26.5. The Morgan fingerprint density at radius 3 is 1.56 bits per heavy atom. The molecule has 3 aliphatic carbocycles. The van der Waals surface area contributed by atoms with Crippen molar-refractivity contribution in [2.45, 2.75) is 32.1 Å². The van der Waals surface area contributed by atoms with Gasteiger partial charge in [-0.2, -0.15) is 5.26 Å². The number of aromatic nitrogens is 5. The molecule has 0 N–H and O–H groups in total. The van der Waals surface area contributed by atoms with Gasteiger partial charge in [-0.05, 0) is 214 Å². The Hall–Kier alpha value is -12.4. The van der Waals surface area contributed by atoms with Crippen LogP contribution in [0.5, 0.6) is 0 Å². The first-order valence-electron chi connectivity index (χ1n) is 33.9. The van der Waals surface area contributed by atoms with Crippen molar-refractivity contribution in [3.63, 3.8) is 0 Å². The summed E-state index contributed by atoms with van der Waals surface area (Å²) >= 11 is 0. The van der Waals surface area contributed by atoms with Crippen molar-refractivity contribution in [1.82, 2.24) is 23.7 Å². The molecule has 13 aromatic carbocycles. The lowest BCUT2D eigenvalue weighted by Crippen LogP contribution is -2.18. The molecule has 0 spiro atoms. The first kappa shape index (κ1) is 55.1. The number of aryl methyl sites for hydroxylation is 1. The normalized spacial score (nSPS) is 13.9. The minimum absolute atomic E-state index is 0.362. The summed E-state index contributed by atoms with van der Waals surface area (Å²) in [5, 5.41) is 19.9. The number of hydrogen-bond acceptors (Lipinski definition) is 3. The van der Waals surface area contributed by atoms with Crippen molar-refractivity contribution >= 4 is 81.8 Å². The molecule has 97 heavy (non-hydrogen) atoms. The quantitative estimate of drug-likeness (QED) is 0.137. The maximum atomic E-state index is 10.2. The van der Waals surface area contributed by atoms with E-state index >= 15 is 0 Å². The third-order valence-electron chi connectivity index (χ3n) is 21.2. The van der Waals surface area contributed by atoms with Crippen LogP contribution in [0.3, 0.4) is 0 Å². The number of allylic oxidation sites excluding steroid dienone is 4. The fourth-order valence-electron chi connectivity index (χ4n) is 16.8. The molecule has 0 saturated carbocycles. The van der Waals surface area contributed by atoms with Crippen LogP contribution in [0.25, 0.3) is 166 Å². The molecule has 0 saturated heterocycles. The van der Waals surface area contributed by atoms with Crippen molar-refractivity contribution in [2.75, 3.05) is 0 Å². The Morgan fingerprint density at radius 2 is 0.938 bits per heavy atom. The summed E-state index contributed by atoms with van der Waals surface area (Å²) in [5.41, 5.74) is 29.8. The van der Waals surface area contributed by atoms with E-state index in [4.69, 9.17) is 9.97 Å². The van der Waals surface area contributed by atoms with Gasteiger partial charge in [-0.25, -0.2) is 9.97 Å². The van der Waals surface area contributed by atoms with E-state index in [1.54, 1.807) is 5.57 Å². The van der Waals surface area contributed by atoms with Gasteiger partial charge in [-0.1, -0.05) is 188 Å². The average molecular weight is 1240 g/mol. The summed E-state index contributed by atoms with van der Waals surface area (Å²) < 4.78 is 7.27. The first-order valence-corrected chi connectivity index (χ1v) is 33.9. The fraction of sp³-hybridized carbons (Fsp3) is 0.0659. The largest absolute Gasteiger partial charge is 0.309 e. The third kappa shape index (κ3) is 8.72. The molecule has 4 heterocycles. The van der Waals surface area contributed by atoms with Gasteiger partial charge < -0.3 is 13.7 Å². The van der Waals surface area contributed by atoms with Gasteiger partial charge in [-0.15, -0.1) is 0 Å². The van der Waals surface area contributed by atoms with Crippen molar-refractivity contribution in [1.29, 1.82) is 5.26 Å². The molecular weight excluding hydrogens is 1180 g/mol. The molecule has 1 unspecified atom stereocenters. The molecule has 0 bridgehead atoms. The van der Waals surface area contributed by atoms with Crippen molar-refractivity contribution in [3.8, 4) is 90.4 Å². The monoisotopic (exact) mass is 1240 g/mol. The maximum Gasteiger partial charge on any atom is 0.160 e. The number of benzene rings is 13. The Morgan fingerprint density at radius 1 is 0.402 bits per heavy atom. The van der Waals surface area contributed by atoms with E-state index in [1.165, 1.54) is 115 Å². The standard InChI is InChI=1S/C91H60N6/c92-55-57-18-15-21-65(47-57)91-93-89(88-75-31-16-19-58-20-17-32-76(87(58)75)90(88)94-91)66-46-56(36-37-63-49-64-39-38-59(51-77(64)71-27-8-7-26-70(63)71)60-40-43-84-78(52-60)72-28-9-12-33-81(72)95(84)67-22-3-1-4-23-67)48-69(50-66)97-83-35-14-11-30-74(83)80-54-62(42-45-86(80)97)61-41-44-85-79(53-61)73-29-10-13-34-82(73)96(85)68-24-5-2-6-25-68/h1-6,8-25,27-35,38-48,50-54,63H,7,26,36-37,49H2. The zero-order valence-corrected chi connectivity index (χ0v) is 53.1. The van der Waals surface area contributed by atoms with Gasteiger partial charge in [0.2, 0.25) is 0 Å². The number of rotatable bonds is 10. The molecule has 0 radical (unpaired) electrons. The summed E-state index contributed by atoms with van der Waals surface area (Å²) in [4.78, 5) is 11.1. The lowest BCUT2D eigenvalue weighted by molar-refractivity contribution is 0.531. The van der Waals surface area contributed by atoms with E-state index in [-0.39, 0.29) is 0 Å². The molecule has 454 valence electrons. The van der Waals surface area contributed by atoms with Gasteiger partial charge in [0.1, 0.15) is 0 Å². The Bertz CT molecular complexity index is 6300. The second kappa shape index (κ2) is 21.8. The summed E-state index contributed by atoms with van der Waals surface area (Å²) in [5.74, 6) is 0.959. The highest BCUT2D eigenvalue weighted by molar-refractivity contribution is 6.18. The lowest BCUT2D eigenvalue weighted by atomic mass is 9.72. The van der Waals surface area contributed by atoms with E-state index in [2.05, 4.69) is 293 Å². The Kier molecular flexibility index (Phi) is 12.4. The predicted octanol–water partition coefficient (Wildman–Crippen LogP) is 23.0. The molecule has 17 aromatic rings. The second-order valence-electron chi connectivity index (χ2n) is 26.5.